The summed E-state index contributed by atoms with van der Waals surface area (Å²) in [4.78, 5) is 12.4. The molecule has 1 saturated carbocycles. The molecule has 142 valence electrons. The van der Waals surface area contributed by atoms with Gasteiger partial charge in [0.1, 0.15) is 11.6 Å². The fourth-order valence-electron chi connectivity index (χ4n) is 4.92. The molecule has 5 nitrogen and oxygen atoms in total. The van der Waals surface area contributed by atoms with Gasteiger partial charge in [0, 0.05) is 37.8 Å². The summed E-state index contributed by atoms with van der Waals surface area (Å²) in [6, 6.07) is 15.8. The van der Waals surface area contributed by atoms with Crippen LogP contribution in [0.25, 0.3) is 27.8 Å². The van der Waals surface area contributed by atoms with Crippen molar-refractivity contribution in [3.63, 3.8) is 0 Å². The van der Waals surface area contributed by atoms with Crippen LogP contribution in [0.1, 0.15) is 30.9 Å². The minimum Gasteiger partial charge on any atom is -0.327 e. The lowest BCUT2D eigenvalue weighted by Gasteiger charge is -2.36. The van der Waals surface area contributed by atoms with Crippen LogP contribution in [-0.2, 0) is 13.0 Å². The highest BCUT2D eigenvalue weighted by atomic mass is 15.2. The third-order valence-electron chi connectivity index (χ3n) is 6.62. The zero-order chi connectivity index (χ0) is 18.7. The molecule has 1 aliphatic heterocycles. The van der Waals surface area contributed by atoms with Gasteiger partial charge in [-0.25, -0.2) is 9.97 Å². The van der Waals surface area contributed by atoms with E-state index >= 15 is 0 Å². The van der Waals surface area contributed by atoms with Gasteiger partial charge in [-0.3, -0.25) is 9.47 Å². The van der Waals surface area contributed by atoms with Crippen molar-refractivity contribution in [2.75, 3.05) is 13.1 Å². The highest BCUT2D eigenvalue weighted by Crippen LogP contribution is 2.29. The normalized spacial score (nSPS) is 18.3. The Hall–Kier alpha value is -2.66. The van der Waals surface area contributed by atoms with E-state index in [2.05, 4.69) is 57.4 Å². The van der Waals surface area contributed by atoms with E-state index in [9.17, 15) is 0 Å². The lowest BCUT2D eigenvalue weighted by molar-refractivity contribution is 0.130. The maximum Gasteiger partial charge on any atom is 0.111 e. The molecule has 5 heteroatoms. The molecule has 0 unspecified atom stereocenters. The zero-order valence-electron chi connectivity index (χ0n) is 16.3. The van der Waals surface area contributed by atoms with Crippen molar-refractivity contribution < 1.29 is 0 Å². The summed E-state index contributed by atoms with van der Waals surface area (Å²) in [5, 5.41) is 0. The molecule has 0 saturated heterocycles. The van der Waals surface area contributed by atoms with Crippen LogP contribution < -0.4 is 0 Å². The average Bonchev–Trinajstić information content (AvgIpc) is 3.10. The first kappa shape index (κ1) is 16.3. The molecule has 1 aliphatic carbocycles. The highest BCUT2D eigenvalue weighted by molar-refractivity contribution is 5.82. The van der Waals surface area contributed by atoms with Crippen LogP contribution in [0.5, 0.6) is 0 Å². The van der Waals surface area contributed by atoms with E-state index in [4.69, 9.17) is 9.97 Å². The average molecular weight is 371 g/mol. The highest BCUT2D eigenvalue weighted by Gasteiger charge is 2.27. The number of para-hydroxylation sites is 2. The fraction of sp³-hybridized carbons (Fsp3) is 0.391. The second-order valence-corrected chi connectivity index (χ2v) is 8.21. The van der Waals surface area contributed by atoms with Crippen LogP contribution in [0.3, 0.4) is 0 Å². The number of benzene rings is 2. The first-order valence-corrected chi connectivity index (χ1v) is 10.5. The summed E-state index contributed by atoms with van der Waals surface area (Å²) in [5.41, 5.74) is 5.69. The summed E-state index contributed by atoms with van der Waals surface area (Å²) < 4.78 is 4.67. The molecule has 4 aromatic rings. The number of hydrogen-bond acceptors (Lipinski definition) is 3. The molecular formula is C23H25N5. The molecule has 0 N–H and O–H groups in total. The summed E-state index contributed by atoms with van der Waals surface area (Å²) in [6.45, 7) is 5.42. The largest absolute Gasteiger partial charge is 0.327 e. The van der Waals surface area contributed by atoms with Crippen molar-refractivity contribution in [1.29, 1.82) is 0 Å². The van der Waals surface area contributed by atoms with Gasteiger partial charge in [0.15, 0.2) is 0 Å². The third-order valence-corrected chi connectivity index (χ3v) is 6.62. The summed E-state index contributed by atoms with van der Waals surface area (Å²) in [6.07, 6.45) is 5.21. The second-order valence-electron chi connectivity index (χ2n) is 8.21. The Morgan fingerprint density at radius 1 is 0.893 bits per heavy atom. The summed E-state index contributed by atoms with van der Waals surface area (Å²) in [5.74, 6) is 2.25. The number of fused-ring (bicyclic) bond motifs is 4. The molecule has 0 bridgehead atoms. The SMILES string of the molecule is Cc1nc2ccccc2n1-c1ccc2c(c1)nc1n2CCN(C2CCC2)CC1. The van der Waals surface area contributed by atoms with Crippen molar-refractivity contribution in [1.82, 2.24) is 24.0 Å². The zero-order valence-corrected chi connectivity index (χ0v) is 16.3. The number of aryl methyl sites for hydroxylation is 1. The Bertz CT molecular complexity index is 1180. The monoisotopic (exact) mass is 371 g/mol. The standard InChI is InChI=1S/C23H25N5/c1-16-24-19-7-2-3-8-22(19)28(16)18-9-10-21-20(15-18)25-23-11-12-26(13-14-27(21)23)17-5-4-6-17/h2-3,7-10,15,17H,4-6,11-14H2,1H3. The Morgan fingerprint density at radius 2 is 1.79 bits per heavy atom. The minimum atomic E-state index is 0.819. The van der Waals surface area contributed by atoms with Crippen LogP contribution in [0.15, 0.2) is 42.5 Å². The molecule has 0 spiro atoms. The molecule has 28 heavy (non-hydrogen) atoms. The Kier molecular flexibility index (Phi) is 3.60. The van der Waals surface area contributed by atoms with Crippen molar-refractivity contribution in [3.8, 4) is 5.69 Å². The van der Waals surface area contributed by atoms with Gasteiger partial charge in [-0.1, -0.05) is 18.6 Å². The molecular weight excluding hydrogens is 346 g/mol. The maximum absolute atomic E-state index is 5.03. The first-order valence-electron chi connectivity index (χ1n) is 10.5. The second kappa shape index (κ2) is 6.17. The van der Waals surface area contributed by atoms with Gasteiger partial charge >= 0.3 is 0 Å². The number of imidazole rings is 2. The van der Waals surface area contributed by atoms with Crippen LogP contribution >= 0.6 is 0 Å². The molecule has 2 aliphatic rings. The van der Waals surface area contributed by atoms with Gasteiger partial charge in [0.25, 0.3) is 0 Å². The minimum absolute atomic E-state index is 0.819. The molecule has 3 heterocycles. The van der Waals surface area contributed by atoms with Crippen LogP contribution in [0.4, 0.5) is 0 Å². The van der Waals surface area contributed by atoms with E-state index in [0.29, 0.717) is 0 Å². The van der Waals surface area contributed by atoms with Gasteiger partial charge in [0.05, 0.1) is 22.1 Å². The summed E-state index contributed by atoms with van der Waals surface area (Å²) >= 11 is 0. The Balaban J connectivity index is 1.40. The van der Waals surface area contributed by atoms with E-state index in [-0.39, 0.29) is 0 Å². The van der Waals surface area contributed by atoms with Crippen molar-refractivity contribution in [2.45, 2.75) is 45.2 Å². The summed E-state index contributed by atoms with van der Waals surface area (Å²) in [7, 11) is 0. The van der Waals surface area contributed by atoms with Gasteiger partial charge in [-0.2, -0.15) is 0 Å². The van der Waals surface area contributed by atoms with E-state index in [1.54, 1.807) is 0 Å². The number of aromatic nitrogens is 4. The van der Waals surface area contributed by atoms with Crippen LogP contribution in [-0.4, -0.2) is 43.1 Å². The smallest absolute Gasteiger partial charge is 0.111 e. The van der Waals surface area contributed by atoms with Crippen molar-refractivity contribution in [2.24, 2.45) is 0 Å². The third kappa shape index (κ3) is 2.42. The topological polar surface area (TPSA) is 38.9 Å². The van der Waals surface area contributed by atoms with Gasteiger partial charge < -0.3 is 4.57 Å². The van der Waals surface area contributed by atoms with Gasteiger partial charge in [-0.15, -0.1) is 0 Å². The first-order chi connectivity index (χ1) is 13.8. The molecule has 0 amide bonds. The Morgan fingerprint density at radius 3 is 2.64 bits per heavy atom. The maximum atomic E-state index is 5.03. The molecule has 2 aromatic carbocycles. The number of hydrogen-bond donors (Lipinski definition) is 0. The van der Waals surface area contributed by atoms with Gasteiger partial charge in [-0.05, 0) is 50.1 Å². The quantitative estimate of drug-likeness (QED) is 0.533. The van der Waals surface area contributed by atoms with E-state index in [1.165, 1.54) is 30.6 Å². The number of rotatable bonds is 2. The van der Waals surface area contributed by atoms with E-state index in [1.807, 2.05) is 6.07 Å². The lowest BCUT2D eigenvalue weighted by Crippen LogP contribution is -2.41. The van der Waals surface area contributed by atoms with Crippen LogP contribution in [0, 0.1) is 6.92 Å². The number of nitrogens with zero attached hydrogens (tertiary/aromatic N) is 5. The lowest BCUT2D eigenvalue weighted by atomic mass is 9.91. The van der Waals surface area contributed by atoms with E-state index < -0.39 is 0 Å². The molecule has 1 fully saturated rings. The Labute approximate surface area is 164 Å². The molecule has 0 radical (unpaired) electrons. The molecule has 6 rings (SSSR count). The van der Waals surface area contributed by atoms with Gasteiger partial charge in [0.2, 0.25) is 0 Å². The van der Waals surface area contributed by atoms with Crippen molar-refractivity contribution in [3.05, 3.63) is 54.1 Å². The molecule has 2 aromatic heterocycles. The predicted molar refractivity (Wildman–Crippen MR) is 112 cm³/mol. The van der Waals surface area contributed by atoms with E-state index in [0.717, 1.165) is 60.2 Å². The predicted octanol–water partition coefficient (Wildman–Crippen LogP) is 4.09. The van der Waals surface area contributed by atoms with Crippen LogP contribution in [0.2, 0.25) is 0 Å². The van der Waals surface area contributed by atoms with Crippen molar-refractivity contribution >= 4 is 22.1 Å². The fourth-order valence-corrected chi connectivity index (χ4v) is 4.92. The molecule has 0 atom stereocenters.